The van der Waals surface area contributed by atoms with Crippen LogP contribution < -0.4 is 10.6 Å². The highest BCUT2D eigenvalue weighted by Gasteiger charge is 2.06. The maximum atomic E-state index is 5.42. The molecule has 0 amide bonds. The van der Waals surface area contributed by atoms with Crippen molar-refractivity contribution >= 4 is 28.7 Å². The minimum absolute atomic E-state index is 0.591. The summed E-state index contributed by atoms with van der Waals surface area (Å²) in [7, 11) is 0. The van der Waals surface area contributed by atoms with Crippen molar-refractivity contribution in [1.29, 1.82) is 0 Å². The van der Waals surface area contributed by atoms with Crippen LogP contribution in [0.5, 0.6) is 0 Å². The Bertz CT molecular complexity index is 627. The number of hydrogen-bond acceptors (Lipinski definition) is 1. The Morgan fingerprint density at radius 2 is 1.59 bits per heavy atom. The molecule has 0 radical (unpaired) electrons. The standard InChI is InChI=1S/C19H24N2S/c1-5-13(2)16-9-11-17(12-10-16)20-19(22)21-18-14(3)7-6-8-15(18)4/h6-13H,5H2,1-4H3,(H2,20,21,22). The van der Waals surface area contributed by atoms with Gasteiger partial charge in [0, 0.05) is 11.4 Å². The summed E-state index contributed by atoms with van der Waals surface area (Å²) in [4.78, 5) is 0. The van der Waals surface area contributed by atoms with E-state index in [0.29, 0.717) is 11.0 Å². The van der Waals surface area contributed by atoms with Crippen LogP contribution in [0, 0.1) is 13.8 Å². The van der Waals surface area contributed by atoms with Crippen LogP contribution in [0.25, 0.3) is 0 Å². The summed E-state index contributed by atoms with van der Waals surface area (Å²) >= 11 is 5.42. The van der Waals surface area contributed by atoms with Crippen molar-refractivity contribution in [1.82, 2.24) is 0 Å². The maximum Gasteiger partial charge on any atom is 0.175 e. The fourth-order valence-electron chi connectivity index (χ4n) is 2.42. The van der Waals surface area contributed by atoms with Crippen molar-refractivity contribution in [2.24, 2.45) is 0 Å². The van der Waals surface area contributed by atoms with E-state index in [4.69, 9.17) is 12.2 Å². The predicted molar refractivity (Wildman–Crippen MR) is 101 cm³/mol. The van der Waals surface area contributed by atoms with Crippen molar-refractivity contribution in [3.8, 4) is 0 Å². The molecule has 0 bridgehead atoms. The second-order valence-electron chi connectivity index (χ2n) is 5.78. The second-order valence-corrected chi connectivity index (χ2v) is 6.19. The van der Waals surface area contributed by atoms with E-state index >= 15 is 0 Å². The van der Waals surface area contributed by atoms with Crippen LogP contribution in [-0.2, 0) is 0 Å². The largest absolute Gasteiger partial charge is 0.332 e. The van der Waals surface area contributed by atoms with Gasteiger partial charge in [-0.05, 0) is 67.2 Å². The first-order valence-electron chi connectivity index (χ1n) is 7.75. The van der Waals surface area contributed by atoms with Crippen LogP contribution in [0.1, 0.15) is 42.9 Å². The summed E-state index contributed by atoms with van der Waals surface area (Å²) in [5, 5.41) is 7.16. The van der Waals surface area contributed by atoms with E-state index in [1.807, 2.05) is 0 Å². The lowest BCUT2D eigenvalue weighted by molar-refractivity contribution is 0.734. The Hall–Kier alpha value is -1.87. The van der Waals surface area contributed by atoms with Gasteiger partial charge in [-0.15, -0.1) is 0 Å². The molecule has 0 aliphatic rings. The normalized spacial score (nSPS) is 11.8. The number of nitrogens with one attached hydrogen (secondary N) is 2. The molecule has 0 fully saturated rings. The minimum Gasteiger partial charge on any atom is -0.332 e. The number of rotatable bonds is 4. The number of aryl methyl sites for hydroxylation is 2. The molecule has 2 N–H and O–H groups in total. The Morgan fingerprint density at radius 3 is 2.14 bits per heavy atom. The van der Waals surface area contributed by atoms with Crippen LogP contribution in [0.2, 0.25) is 0 Å². The summed E-state index contributed by atoms with van der Waals surface area (Å²) in [6.45, 7) is 8.62. The van der Waals surface area contributed by atoms with Gasteiger partial charge in [-0.25, -0.2) is 0 Å². The van der Waals surface area contributed by atoms with Gasteiger partial charge in [-0.3, -0.25) is 0 Å². The van der Waals surface area contributed by atoms with Crippen molar-refractivity contribution in [2.45, 2.75) is 40.0 Å². The molecule has 2 rings (SSSR count). The minimum atomic E-state index is 0.591. The topological polar surface area (TPSA) is 24.1 Å². The molecule has 0 saturated carbocycles. The zero-order chi connectivity index (χ0) is 16.1. The maximum absolute atomic E-state index is 5.42. The average molecular weight is 312 g/mol. The molecule has 0 aromatic heterocycles. The highest BCUT2D eigenvalue weighted by Crippen LogP contribution is 2.22. The molecule has 0 spiro atoms. The average Bonchev–Trinajstić information content (AvgIpc) is 2.51. The van der Waals surface area contributed by atoms with Crippen LogP contribution in [0.3, 0.4) is 0 Å². The summed E-state index contributed by atoms with van der Waals surface area (Å²) in [5.74, 6) is 0.591. The smallest absolute Gasteiger partial charge is 0.175 e. The van der Waals surface area contributed by atoms with Gasteiger partial charge in [0.15, 0.2) is 5.11 Å². The van der Waals surface area contributed by atoms with E-state index in [1.165, 1.54) is 16.7 Å². The molecule has 2 aromatic carbocycles. The lowest BCUT2D eigenvalue weighted by atomic mass is 9.99. The Morgan fingerprint density at radius 1 is 1.00 bits per heavy atom. The number of thiocarbonyl (C=S) groups is 1. The molecule has 0 heterocycles. The molecule has 2 aromatic rings. The third-order valence-electron chi connectivity index (χ3n) is 4.07. The molecule has 0 saturated heterocycles. The fourth-order valence-corrected chi connectivity index (χ4v) is 2.64. The van der Waals surface area contributed by atoms with Gasteiger partial charge in [0.25, 0.3) is 0 Å². The molecule has 0 aliphatic heterocycles. The highest BCUT2D eigenvalue weighted by molar-refractivity contribution is 7.80. The molecular formula is C19H24N2S. The molecule has 22 heavy (non-hydrogen) atoms. The van der Waals surface area contributed by atoms with Gasteiger partial charge in [0.05, 0.1) is 0 Å². The zero-order valence-corrected chi connectivity index (χ0v) is 14.6. The van der Waals surface area contributed by atoms with Gasteiger partial charge in [0.2, 0.25) is 0 Å². The zero-order valence-electron chi connectivity index (χ0n) is 13.7. The van der Waals surface area contributed by atoms with E-state index in [0.717, 1.165) is 17.8 Å². The quantitative estimate of drug-likeness (QED) is 0.716. The summed E-state index contributed by atoms with van der Waals surface area (Å²) in [6, 6.07) is 14.7. The summed E-state index contributed by atoms with van der Waals surface area (Å²) in [5.41, 5.74) is 5.83. The van der Waals surface area contributed by atoms with Crippen molar-refractivity contribution in [3.63, 3.8) is 0 Å². The van der Waals surface area contributed by atoms with Crippen molar-refractivity contribution in [3.05, 3.63) is 59.2 Å². The van der Waals surface area contributed by atoms with E-state index < -0.39 is 0 Å². The van der Waals surface area contributed by atoms with Crippen molar-refractivity contribution in [2.75, 3.05) is 10.6 Å². The third-order valence-corrected chi connectivity index (χ3v) is 4.27. The van der Waals surface area contributed by atoms with E-state index in [1.54, 1.807) is 0 Å². The van der Waals surface area contributed by atoms with Gasteiger partial charge in [-0.2, -0.15) is 0 Å². The van der Waals surface area contributed by atoms with Gasteiger partial charge in [0.1, 0.15) is 0 Å². The Kier molecular flexibility index (Phi) is 5.56. The monoisotopic (exact) mass is 312 g/mol. The SMILES string of the molecule is CCC(C)c1ccc(NC(=S)Nc2c(C)cccc2C)cc1. The summed E-state index contributed by atoms with van der Waals surface area (Å²) < 4.78 is 0. The molecule has 0 aliphatic carbocycles. The lowest BCUT2D eigenvalue weighted by Gasteiger charge is -2.15. The van der Waals surface area contributed by atoms with E-state index in [2.05, 4.69) is 80.8 Å². The summed E-state index contributed by atoms with van der Waals surface area (Å²) in [6.07, 6.45) is 1.15. The molecule has 2 nitrogen and oxygen atoms in total. The molecule has 1 unspecified atom stereocenters. The first kappa shape index (κ1) is 16.5. The van der Waals surface area contributed by atoms with Crippen LogP contribution in [0.4, 0.5) is 11.4 Å². The molecular weight excluding hydrogens is 288 g/mol. The van der Waals surface area contributed by atoms with E-state index in [9.17, 15) is 0 Å². The van der Waals surface area contributed by atoms with Gasteiger partial charge >= 0.3 is 0 Å². The Labute approximate surface area is 139 Å². The van der Waals surface area contributed by atoms with Gasteiger partial charge < -0.3 is 10.6 Å². The van der Waals surface area contributed by atoms with Crippen molar-refractivity contribution < 1.29 is 0 Å². The first-order chi connectivity index (χ1) is 10.5. The van der Waals surface area contributed by atoms with Crippen LogP contribution in [-0.4, -0.2) is 5.11 Å². The lowest BCUT2D eigenvalue weighted by Crippen LogP contribution is -2.20. The molecule has 3 heteroatoms. The fraction of sp³-hybridized carbons (Fsp3) is 0.316. The molecule has 1 atom stereocenters. The third kappa shape index (κ3) is 4.08. The number of para-hydroxylation sites is 1. The number of benzene rings is 2. The first-order valence-corrected chi connectivity index (χ1v) is 8.16. The predicted octanol–water partition coefficient (Wildman–Crippen LogP) is 5.63. The van der Waals surface area contributed by atoms with Gasteiger partial charge in [-0.1, -0.05) is 44.2 Å². The molecule has 116 valence electrons. The number of anilines is 2. The number of hydrogen-bond donors (Lipinski definition) is 2. The van der Waals surface area contributed by atoms with Crippen LogP contribution >= 0.6 is 12.2 Å². The van der Waals surface area contributed by atoms with E-state index in [-0.39, 0.29) is 0 Å². The highest BCUT2D eigenvalue weighted by atomic mass is 32.1. The second kappa shape index (κ2) is 7.41. The Balaban J connectivity index is 2.03. The van der Waals surface area contributed by atoms with Crippen LogP contribution in [0.15, 0.2) is 42.5 Å².